The van der Waals surface area contributed by atoms with Crippen LogP contribution in [-0.4, -0.2) is 26.6 Å². The van der Waals surface area contributed by atoms with E-state index in [1.807, 2.05) is 6.07 Å². The Hall–Kier alpha value is -2.78. The first kappa shape index (κ1) is 14.6. The minimum Gasteiger partial charge on any atom is -0.394 e. The zero-order valence-corrected chi connectivity index (χ0v) is 10.9. The normalized spacial score (nSPS) is 11.7. The van der Waals surface area contributed by atoms with Gasteiger partial charge in [-0.2, -0.15) is 4.98 Å². The number of hydrazine groups is 1. The summed E-state index contributed by atoms with van der Waals surface area (Å²) in [6.45, 7) is -0.253. The van der Waals surface area contributed by atoms with Crippen LogP contribution in [0.25, 0.3) is 0 Å². The van der Waals surface area contributed by atoms with Gasteiger partial charge in [-0.25, -0.2) is 10.8 Å². The molecule has 0 aliphatic heterocycles. The van der Waals surface area contributed by atoms with Gasteiger partial charge in [-0.05, 0) is 5.56 Å². The number of hydrogen-bond acceptors (Lipinski definition) is 8. The highest BCUT2D eigenvalue weighted by Gasteiger charge is 2.20. The van der Waals surface area contributed by atoms with E-state index in [1.165, 1.54) is 0 Å². The van der Waals surface area contributed by atoms with Gasteiger partial charge < -0.3 is 10.4 Å². The summed E-state index contributed by atoms with van der Waals surface area (Å²) >= 11 is 0. The third-order valence-electron chi connectivity index (χ3n) is 2.79. The maximum Gasteiger partial charge on any atom is 0.329 e. The van der Waals surface area contributed by atoms with Crippen LogP contribution in [0.2, 0.25) is 0 Å². The van der Waals surface area contributed by atoms with Gasteiger partial charge >= 0.3 is 5.69 Å². The molecule has 9 heteroatoms. The lowest BCUT2D eigenvalue weighted by molar-refractivity contribution is -0.384. The fourth-order valence-electron chi connectivity index (χ4n) is 1.77. The second-order valence-corrected chi connectivity index (χ2v) is 4.12. The summed E-state index contributed by atoms with van der Waals surface area (Å²) in [5, 5.41) is 23.3. The number of rotatable bonds is 6. The van der Waals surface area contributed by atoms with Gasteiger partial charge in [-0.15, -0.1) is 0 Å². The number of hydrogen-bond donors (Lipinski definition) is 4. The molecule has 0 saturated heterocycles. The van der Waals surface area contributed by atoms with E-state index in [9.17, 15) is 15.2 Å². The van der Waals surface area contributed by atoms with E-state index in [2.05, 4.69) is 20.7 Å². The molecule has 1 aromatic carbocycles. The van der Waals surface area contributed by atoms with Crippen molar-refractivity contribution in [2.45, 2.75) is 6.04 Å². The summed E-state index contributed by atoms with van der Waals surface area (Å²) in [6, 6.07) is 8.50. The summed E-state index contributed by atoms with van der Waals surface area (Å²) in [6.07, 6.45) is 1.05. The van der Waals surface area contributed by atoms with Gasteiger partial charge in [0.1, 0.15) is 6.20 Å². The largest absolute Gasteiger partial charge is 0.394 e. The minimum absolute atomic E-state index is 0.0224. The summed E-state index contributed by atoms with van der Waals surface area (Å²) in [5.41, 5.74) is 2.69. The number of nitro groups is 1. The Kier molecular flexibility index (Phi) is 4.59. The molecule has 0 bridgehead atoms. The van der Waals surface area contributed by atoms with E-state index in [0.717, 1.165) is 11.8 Å². The zero-order valence-electron chi connectivity index (χ0n) is 10.9. The summed E-state index contributed by atoms with van der Waals surface area (Å²) in [5.74, 6) is 5.21. The molecule has 1 atom stereocenters. The Morgan fingerprint density at radius 2 is 2.10 bits per heavy atom. The smallest absolute Gasteiger partial charge is 0.329 e. The van der Waals surface area contributed by atoms with Crippen molar-refractivity contribution in [3.8, 4) is 0 Å². The molecule has 110 valence electrons. The number of nitrogens with one attached hydrogen (secondary N) is 2. The monoisotopic (exact) mass is 290 g/mol. The van der Waals surface area contributed by atoms with Crippen LogP contribution in [0.4, 0.5) is 17.5 Å². The minimum atomic E-state index is -0.609. The van der Waals surface area contributed by atoms with Crippen LogP contribution in [-0.2, 0) is 0 Å². The highest BCUT2D eigenvalue weighted by molar-refractivity contribution is 5.58. The number of benzene rings is 1. The molecule has 0 saturated carbocycles. The molecule has 0 radical (unpaired) electrons. The van der Waals surface area contributed by atoms with Crippen LogP contribution < -0.4 is 16.6 Å². The zero-order chi connectivity index (χ0) is 15.2. The number of nitrogen functional groups attached to an aromatic ring is 1. The standard InChI is InChI=1S/C12H14N6O3/c13-17-12-14-6-10(18(20)21)11(16-12)15-9(7-19)8-4-2-1-3-5-8/h1-6,9,19H,7,13H2,(H2,14,15,16,17). The Bertz CT molecular complexity index is 622. The third kappa shape index (κ3) is 3.41. The van der Waals surface area contributed by atoms with Crippen molar-refractivity contribution in [2.24, 2.45) is 5.84 Å². The molecule has 5 N–H and O–H groups in total. The van der Waals surface area contributed by atoms with Crippen molar-refractivity contribution in [1.82, 2.24) is 9.97 Å². The lowest BCUT2D eigenvalue weighted by Crippen LogP contribution is -2.18. The lowest BCUT2D eigenvalue weighted by atomic mass is 10.1. The van der Waals surface area contributed by atoms with E-state index in [0.29, 0.717) is 0 Å². The van der Waals surface area contributed by atoms with Crippen LogP contribution >= 0.6 is 0 Å². The number of aromatic nitrogens is 2. The number of aliphatic hydroxyl groups is 1. The molecular weight excluding hydrogens is 276 g/mol. The van der Waals surface area contributed by atoms with E-state index in [1.54, 1.807) is 24.3 Å². The Balaban J connectivity index is 2.34. The molecule has 1 unspecified atom stereocenters. The predicted octanol–water partition coefficient (Wildman–Crippen LogP) is 0.816. The van der Waals surface area contributed by atoms with E-state index < -0.39 is 11.0 Å². The first-order chi connectivity index (χ1) is 10.2. The van der Waals surface area contributed by atoms with Crippen molar-refractivity contribution in [3.05, 3.63) is 52.2 Å². The summed E-state index contributed by atoms with van der Waals surface area (Å²) in [7, 11) is 0. The first-order valence-electron chi connectivity index (χ1n) is 6.06. The van der Waals surface area contributed by atoms with E-state index in [-0.39, 0.29) is 24.1 Å². The van der Waals surface area contributed by atoms with Gasteiger partial charge in [0, 0.05) is 0 Å². The van der Waals surface area contributed by atoms with Gasteiger partial charge in [0.25, 0.3) is 0 Å². The average Bonchev–Trinajstić information content (AvgIpc) is 2.53. The van der Waals surface area contributed by atoms with Crippen LogP contribution in [0.15, 0.2) is 36.5 Å². The maximum atomic E-state index is 11.0. The molecule has 0 spiro atoms. The van der Waals surface area contributed by atoms with Gasteiger partial charge in [-0.1, -0.05) is 30.3 Å². The van der Waals surface area contributed by atoms with Crippen molar-refractivity contribution in [2.75, 3.05) is 17.3 Å². The first-order valence-corrected chi connectivity index (χ1v) is 6.06. The van der Waals surface area contributed by atoms with Crippen LogP contribution in [0.5, 0.6) is 0 Å². The average molecular weight is 290 g/mol. The quantitative estimate of drug-likeness (QED) is 0.348. The van der Waals surface area contributed by atoms with Crippen LogP contribution in [0.3, 0.4) is 0 Å². The fourth-order valence-corrected chi connectivity index (χ4v) is 1.77. The highest BCUT2D eigenvalue weighted by atomic mass is 16.6. The van der Waals surface area contributed by atoms with E-state index >= 15 is 0 Å². The molecule has 0 amide bonds. The third-order valence-corrected chi connectivity index (χ3v) is 2.79. The molecule has 9 nitrogen and oxygen atoms in total. The molecule has 0 fully saturated rings. The molecule has 21 heavy (non-hydrogen) atoms. The summed E-state index contributed by atoms with van der Waals surface area (Å²) < 4.78 is 0. The highest BCUT2D eigenvalue weighted by Crippen LogP contribution is 2.26. The molecule has 1 heterocycles. The van der Waals surface area contributed by atoms with Gasteiger partial charge in [0.2, 0.25) is 11.8 Å². The molecular formula is C12H14N6O3. The lowest BCUT2D eigenvalue weighted by Gasteiger charge is -2.17. The Morgan fingerprint density at radius 3 is 2.67 bits per heavy atom. The number of aliphatic hydroxyl groups excluding tert-OH is 1. The molecule has 0 aliphatic rings. The fraction of sp³-hybridized carbons (Fsp3) is 0.167. The van der Waals surface area contributed by atoms with Crippen molar-refractivity contribution < 1.29 is 10.0 Å². The molecule has 0 aliphatic carbocycles. The summed E-state index contributed by atoms with van der Waals surface area (Å²) in [4.78, 5) is 18.0. The Morgan fingerprint density at radius 1 is 1.38 bits per heavy atom. The maximum absolute atomic E-state index is 11.0. The van der Waals surface area contributed by atoms with Crippen LogP contribution in [0, 0.1) is 10.1 Å². The van der Waals surface area contributed by atoms with Crippen LogP contribution in [0.1, 0.15) is 11.6 Å². The van der Waals surface area contributed by atoms with Gasteiger partial charge in [-0.3, -0.25) is 15.5 Å². The van der Waals surface area contributed by atoms with Crippen molar-refractivity contribution >= 4 is 17.5 Å². The second-order valence-electron chi connectivity index (χ2n) is 4.12. The number of nitrogens with two attached hydrogens (primary N) is 1. The van der Waals surface area contributed by atoms with Crippen molar-refractivity contribution in [3.63, 3.8) is 0 Å². The Labute approximate surface area is 120 Å². The number of anilines is 2. The predicted molar refractivity (Wildman–Crippen MR) is 76.4 cm³/mol. The van der Waals surface area contributed by atoms with Crippen molar-refractivity contribution in [1.29, 1.82) is 0 Å². The topological polar surface area (TPSA) is 139 Å². The molecule has 2 rings (SSSR count). The van der Waals surface area contributed by atoms with E-state index in [4.69, 9.17) is 5.84 Å². The molecule has 1 aromatic heterocycles. The number of nitrogens with zero attached hydrogens (tertiary/aromatic N) is 3. The van der Waals surface area contributed by atoms with Gasteiger partial charge in [0.15, 0.2) is 0 Å². The SMILES string of the molecule is NNc1ncc([N+](=O)[O-])c(NC(CO)c2ccccc2)n1. The second kappa shape index (κ2) is 6.59. The van der Waals surface area contributed by atoms with Gasteiger partial charge in [0.05, 0.1) is 17.6 Å². The molecule has 2 aromatic rings.